The first kappa shape index (κ1) is 16.5. The molecule has 1 aliphatic carbocycles. The van der Waals surface area contributed by atoms with E-state index in [1.807, 2.05) is 18.4 Å². The lowest BCUT2D eigenvalue weighted by molar-refractivity contribution is -0.135. The van der Waals surface area contributed by atoms with Crippen LogP contribution in [0.4, 0.5) is 0 Å². The highest BCUT2D eigenvalue weighted by Gasteiger charge is 2.42. The summed E-state index contributed by atoms with van der Waals surface area (Å²) in [4.78, 5) is 26.7. The van der Waals surface area contributed by atoms with Crippen LogP contribution in [-0.2, 0) is 17.8 Å². The molecule has 1 aromatic heterocycles. The van der Waals surface area contributed by atoms with Crippen molar-refractivity contribution in [3.05, 3.63) is 11.6 Å². The van der Waals surface area contributed by atoms with Gasteiger partial charge in [0.1, 0.15) is 5.82 Å². The van der Waals surface area contributed by atoms with Gasteiger partial charge in [-0.25, -0.2) is 0 Å². The van der Waals surface area contributed by atoms with Gasteiger partial charge in [-0.2, -0.15) is 0 Å². The minimum Gasteiger partial charge on any atom is -0.347 e. The number of fused-ring (bicyclic) bond motifs is 1. The first-order chi connectivity index (χ1) is 12.0. The van der Waals surface area contributed by atoms with Crippen LogP contribution in [0, 0.1) is 11.3 Å². The second kappa shape index (κ2) is 6.11. The molecule has 1 saturated heterocycles. The van der Waals surface area contributed by atoms with Crippen LogP contribution in [0.5, 0.6) is 0 Å². The van der Waals surface area contributed by atoms with Crippen molar-refractivity contribution in [1.29, 1.82) is 0 Å². The molecule has 0 atom stereocenters. The summed E-state index contributed by atoms with van der Waals surface area (Å²) in [7, 11) is 0. The number of piperidine rings is 1. The normalized spacial score (nSPS) is 22.1. The molecule has 7 heteroatoms. The zero-order valence-electron chi connectivity index (χ0n) is 15.1. The van der Waals surface area contributed by atoms with E-state index in [0.717, 1.165) is 64.0 Å². The van der Waals surface area contributed by atoms with Crippen molar-refractivity contribution in [3.8, 4) is 0 Å². The fourth-order valence-corrected chi connectivity index (χ4v) is 4.17. The molecule has 0 aromatic carbocycles. The van der Waals surface area contributed by atoms with Gasteiger partial charge in [-0.15, -0.1) is 10.2 Å². The number of rotatable bonds is 3. The van der Waals surface area contributed by atoms with E-state index in [1.54, 1.807) is 0 Å². The molecule has 0 bridgehead atoms. The number of carbonyl (C=O) groups is 2. The predicted octanol–water partition coefficient (Wildman–Crippen LogP) is 1.38. The number of carbonyl (C=O) groups excluding carboxylic acids is 2. The monoisotopic (exact) mass is 345 g/mol. The van der Waals surface area contributed by atoms with Crippen molar-refractivity contribution in [1.82, 2.24) is 25.0 Å². The summed E-state index contributed by atoms with van der Waals surface area (Å²) in [6.45, 7) is 6.38. The highest BCUT2D eigenvalue weighted by Crippen LogP contribution is 2.42. The van der Waals surface area contributed by atoms with Crippen molar-refractivity contribution in [3.63, 3.8) is 0 Å². The number of amides is 2. The number of aromatic nitrogens is 3. The summed E-state index contributed by atoms with van der Waals surface area (Å²) in [6.07, 6.45) is 6.08. The Balaban J connectivity index is 1.46. The Morgan fingerprint density at radius 3 is 2.52 bits per heavy atom. The van der Waals surface area contributed by atoms with Gasteiger partial charge in [-0.05, 0) is 51.4 Å². The van der Waals surface area contributed by atoms with Crippen molar-refractivity contribution in [2.75, 3.05) is 13.1 Å². The average molecular weight is 345 g/mol. The fourth-order valence-electron chi connectivity index (χ4n) is 4.17. The van der Waals surface area contributed by atoms with Gasteiger partial charge in [-0.3, -0.25) is 9.59 Å². The first-order valence-corrected chi connectivity index (χ1v) is 9.49. The molecule has 1 spiro atoms. The van der Waals surface area contributed by atoms with E-state index < -0.39 is 0 Å². The molecular weight excluding hydrogens is 318 g/mol. The zero-order chi connectivity index (χ0) is 17.6. The molecule has 136 valence electrons. The topological polar surface area (TPSA) is 80.1 Å². The van der Waals surface area contributed by atoms with Gasteiger partial charge < -0.3 is 14.8 Å². The summed E-state index contributed by atoms with van der Waals surface area (Å²) in [5.74, 6) is 1.85. The van der Waals surface area contributed by atoms with Gasteiger partial charge >= 0.3 is 0 Å². The SMILES string of the molecule is CC(C)NC(=O)c1nnc2n1CC1(CC2)CCN(C(=O)C2CC2)CC1. The third-order valence-corrected chi connectivity index (χ3v) is 5.89. The second-order valence-electron chi connectivity index (χ2n) is 8.25. The van der Waals surface area contributed by atoms with E-state index in [4.69, 9.17) is 0 Å². The molecule has 1 aromatic rings. The number of hydrogen-bond donors (Lipinski definition) is 1. The molecule has 4 rings (SSSR count). The zero-order valence-corrected chi connectivity index (χ0v) is 15.1. The number of nitrogens with one attached hydrogen (secondary N) is 1. The molecule has 2 aliphatic heterocycles. The molecule has 3 aliphatic rings. The van der Waals surface area contributed by atoms with Crippen LogP contribution in [0.15, 0.2) is 0 Å². The summed E-state index contributed by atoms with van der Waals surface area (Å²) in [6, 6.07) is 0.0784. The van der Waals surface area contributed by atoms with Crippen molar-refractivity contribution in [2.24, 2.45) is 11.3 Å². The molecule has 7 nitrogen and oxygen atoms in total. The van der Waals surface area contributed by atoms with E-state index in [-0.39, 0.29) is 17.4 Å². The number of aryl methyl sites for hydroxylation is 1. The van der Waals surface area contributed by atoms with Crippen molar-refractivity contribution >= 4 is 11.8 Å². The van der Waals surface area contributed by atoms with Gasteiger partial charge in [0.05, 0.1) is 0 Å². The minimum absolute atomic E-state index is 0.0784. The lowest BCUT2D eigenvalue weighted by Crippen LogP contribution is -2.47. The largest absolute Gasteiger partial charge is 0.347 e. The molecule has 1 N–H and O–H groups in total. The molecule has 0 radical (unpaired) electrons. The molecule has 0 unspecified atom stereocenters. The van der Waals surface area contributed by atoms with E-state index in [0.29, 0.717) is 17.6 Å². The maximum Gasteiger partial charge on any atom is 0.289 e. The molecule has 2 fully saturated rings. The second-order valence-corrected chi connectivity index (χ2v) is 8.25. The number of nitrogens with zero attached hydrogens (tertiary/aromatic N) is 4. The Morgan fingerprint density at radius 2 is 1.88 bits per heavy atom. The van der Waals surface area contributed by atoms with Gasteiger partial charge in [0, 0.05) is 38.0 Å². The quantitative estimate of drug-likeness (QED) is 0.897. The van der Waals surface area contributed by atoms with E-state index >= 15 is 0 Å². The van der Waals surface area contributed by atoms with Crippen molar-refractivity contribution < 1.29 is 9.59 Å². The smallest absolute Gasteiger partial charge is 0.289 e. The molecule has 2 amide bonds. The predicted molar refractivity (Wildman–Crippen MR) is 91.9 cm³/mol. The summed E-state index contributed by atoms with van der Waals surface area (Å²) < 4.78 is 2.01. The fraction of sp³-hybridized carbons (Fsp3) is 0.778. The highest BCUT2D eigenvalue weighted by molar-refractivity contribution is 5.90. The van der Waals surface area contributed by atoms with Crippen LogP contribution < -0.4 is 5.32 Å². The molecule has 25 heavy (non-hydrogen) atoms. The molecule has 3 heterocycles. The standard InChI is InChI=1S/C18H27N5O2/c1-12(2)19-16(24)15-21-20-14-5-6-18(11-23(14)15)7-9-22(10-8-18)17(25)13-3-4-13/h12-13H,3-11H2,1-2H3,(H,19,24). The van der Waals surface area contributed by atoms with Crippen LogP contribution in [0.25, 0.3) is 0 Å². The van der Waals surface area contributed by atoms with Crippen LogP contribution in [0.2, 0.25) is 0 Å². The molecule has 1 saturated carbocycles. The van der Waals surface area contributed by atoms with Crippen molar-refractivity contribution in [2.45, 2.75) is 65.0 Å². The lowest BCUT2D eigenvalue weighted by Gasteiger charge is -2.44. The molecular formula is C18H27N5O2. The first-order valence-electron chi connectivity index (χ1n) is 9.49. The Hall–Kier alpha value is -1.92. The average Bonchev–Trinajstić information content (AvgIpc) is 3.34. The van der Waals surface area contributed by atoms with Crippen LogP contribution in [0.3, 0.4) is 0 Å². The van der Waals surface area contributed by atoms with Crippen LogP contribution in [-0.4, -0.2) is 50.6 Å². The van der Waals surface area contributed by atoms with E-state index in [9.17, 15) is 9.59 Å². The lowest BCUT2D eigenvalue weighted by atomic mass is 9.73. The van der Waals surface area contributed by atoms with E-state index in [2.05, 4.69) is 20.4 Å². The summed E-state index contributed by atoms with van der Waals surface area (Å²) in [5, 5.41) is 11.3. The van der Waals surface area contributed by atoms with Gasteiger partial charge in [0.15, 0.2) is 0 Å². The Labute approximate surface area is 148 Å². The maximum atomic E-state index is 12.4. The third-order valence-electron chi connectivity index (χ3n) is 5.89. The van der Waals surface area contributed by atoms with Crippen LogP contribution in [0.1, 0.15) is 62.4 Å². The Bertz CT molecular complexity index is 684. The minimum atomic E-state index is -0.146. The highest BCUT2D eigenvalue weighted by atomic mass is 16.2. The summed E-state index contributed by atoms with van der Waals surface area (Å²) >= 11 is 0. The van der Waals surface area contributed by atoms with E-state index in [1.165, 1.54) is 0 Å². The van der Waals surface area contributed by atoms with Crippen LogP contribution >= 0.6 is 0 Å². The van der Waals surface area contributed by atoms with Gasteiger partial charge in [0.25, 0.3) is 5.91 Å². The Morgan fingerprint density at radius 1 is 1.16 bits per heavy atom. The van der Waals surface area contributed by atoms with Gasteiger partial charge in [-0.1, -0.05) is 0 Å². The summed E-state index contributed by atoms with van der Waals surface area (Å²) in [5.41, 5.74) is 0.169. The number of hydrogen-bond acceptors (Lipinski definition) is 4. The van der Waals surface area contributed by atoms with Gasteiger partial charge in [0.2, 0.25) is 11.7 Å². The Kier molecular flexibility index (Phi) is 4.04. The number of likely N-dealkylation sites (tertiary alicyclic amines) is 1. The third kappa shape index (κ3) is 3.16. The maximum absolute atomic E-state index is 12.4.